The van der Waals surface area contributed by atoms with Crippen molar-refractivity contribution in [3.05, 3.63) is 40.5 Å². The first-order chi connectivity index (χ1) is 7.59. The molecule has 0 amide bonds. The fourth-order valence-electron chi connectivity index (χ4n) is 2.20. The van der Waals surface area contributed by atoms with Gasteiger partial charge in [-0.15, -0.1) is 0 Å². The van der Waals surface area contributed by atoms with E-state index in [-0.39, 0.29) is 5.92 Å². The standard InChI is InChI=1S/C14H16O2/c1-9-4-3-5-11-6-7-12(8-13(9)11)10(2)14(15)16/h3-5,8,10H,6-7H2,1-2H3,(H,15,16). The van der Waals surface area contributed by atoms with Gasteiger partial charge in [-0.2, -0.15) is 0 Å². The molecule has 0 bridgehead atoms. The molecule has 2 heteroatoms. The molecule has 0 heterocycles. The van der Waals surface area contributed by atoms with Gasteiger partial charge in [-0.25, -0.2) is 0 Å². The molecule has 0 radical (unpaired) electrons. The van der Waals surface area contributed by atoms with Gasteiger partial charge in [0, 0.05) is 0 Å². The van der Waals surface area contributed by atoms with Crippen LogP contribution in [-0.2, 0) is 11.2 Å². The SMILES string of the molecule is Cc1cccc2c1C=C(C(C)C(=O)O)CC2. The molecule has 1 atom stereocenters. The van der Waals surface area contributed by atoms with E-state index >= 15 is 0 Å². The highest BCUT2D eigenvalue weighted by Crippen LogP contribution is 2.30. The third-order valence-corrected chi connectivity index (χ3v) is 3.35. The monoisotopic (exact) mass is 216 g/mol. The lowest BCUT2D eigenvalue weighted by Crippen LogP contribution is -2.15. The van der Waals surface area contributed by atoms with Gasteiger partial charge in [0.2, 0.25) is 0 Å². The lowest BCUT2D eigenvalue weighted by atomic mass is 9.85. The number of carbonyl (C=O) groups is 1. The molecule has 1 aromatic rings. The molecule has 16 heavy (non-hydrogen) atoms. The Bertz CT molecular complexity index is 458. The van der Waals surface area contributed by atoms with Crippen molar-refractivity contribution < 1.29 is 9.90 Å². The number of rotatable bonds is 2. The van der Waals surface area contributed by atoms with E-state index in [1.807, 2.05) is 0 Å². The lowest BCUT2D eigenvalue weighted by molar-refractivity contribution is -0.139. The average Bonchev–Trinajstić information content (AvgIpc) is 2.28. The van der Waals surface area contributed by atoms with Crippen LogP contribution in [0.1, 0.15) is 30.0 Å². The smallest absolute Gasteiger partial charge is 0.310 e. The highest BCUT2D eigenvalue weighted by atomic mass is 16.4. The second kappa shape index (κ2) is 4.12. The summed E-state index contributed by atoms with van der Waals surface area (Å²) in [5.74, 6) is -1.10. The maximum absolute atomic E-state index is 11.0. The Morgan fingerprint density at radius 2 is 2.12 bits per heavy atom. The Morgan fingerprint density at radius 1 is 1.38 bits per heavy atom. The third-order valence-electron chi connectivity index (χ3n) is 3.35. The maximum atomic E-state index is 11.0. The molecule has 0 saturated carbocycles. The van der Waals surface area contributed by atoms with Crippen LogP contribution >= 0.6 is 0 Å². The molecule has 1 N–H and O–H groups in total. The van der Waals surface area contributed by atoms with Gasteiger partial charge in [-0.3, -0.25) is 4.79 Å². The van der Waals surface area contributed by atoms with Gasteiger partial charge in [-0.05, 0) is 43.4 Å². The van der Waals surface area contributed by atoms with Crippen LogP contribution < -0.4 is 0 Å². The minimum Gasteiger partial charge on any atom is -0.481 e. The summed E-state index contributed by atoms with van der Waals surface area (Å²) in [5.41, 5.74) is 4.82. The van der Waals surface area contributed by atoms with Crippen molar-refractivity contribution in [3.8, 4) is 0 Å². The predicted octanol–water partition coefficient (Wildman–Crippen LogP) is 3.05. The molecular weight excluding hydrogens is 200 g/mol. The number of fused-ring (bicyclic) bond motifs is 1. The molecule has 0 spiro atoms. The van der Waals surface area contributed by atoms with Crippen LogP contribution in [-0.4, -0.2) is 11.1 Å². The van der Waals surface area contributed by atoms with E-state index < -0.39 is 5.97 Å². The van der Waals surface area contributed by atoms with Crippen LogP contribution in [0, 0.1) is 12.8 Å². The van der Waals surface area contributed by atoms with Crippen molar-refractivity contribution in [2.45, 2.75) is 26.7 Å². The zero-order valence-corrected chi connectivity index (χ0v) is 9.66. The van der Waals surface area contributed by atoms with E-state index in [9.17, 15) is 4.79 Å². The van der Waals surface area contributed by atoms with Gasteiger partial charge >= 0.3 is 5.97 Å². The summed E-state index contributed by atoms with van der Waals surface area (Å²) in [6.45, 7) is 3.83. The zero-order valence-electron chi connectivity index (χ0n) is 9.66. The minimum absolute atomic E-state index is 0.368. The van der Waals surface area contributed by atoms with Gasteiger partial charge in [0.05, 0.1) is 5.92 Å². The highest BCUT2D eigenvalue weighted by Gasteiger charge is 2.20. The van der Waals surface area contributed by atoms with Crippen LogP contribution in [0.3, 0.4) is 0 Å². The summed E-state index contributed by atoms with van der Waals surface area (Å²) in [6.07, 6.45) is 3.89. The normalized spacial score (nSPS) is 16.2. The Hall–Kier alpha value is -1.57. The van der Waals surface area contributed by atoms with Gasteiger partial charge in [0.25, 0.3) is 0 Å². The van der Waals surface area contributed by atoms with Crippen LogP contribution in [0.15, 0.2) is 23.8 Å². The number of hydrogen-bond donors (Lipinski definition) is 1. The number of carboxylic acid groups (broad SMARTS) is 1. The summed E-state index contributed by atoms with van der Waals surface area (Å²) in [6, 6.07) is 6.26. The summed E-state index contributed by atoms with van der Waals surface area (Å²) in [7, 11) is 0. The molecule has 1 unspecified atom stereocenters. The maximum Gasteiger partial charge on any atom is 0.310 e. The molecular formula is C14H16O2. The van der Waals surface area contributed by atoms with E-state index in [0.717, 1.165) is 18.4 Å². The molecule has 1 aliphatic rings. The fraction of sp³-hybridized carbons (Fsp3) is 0.357. The van der Waals surface area contributed by atoms with Crippen molar-refractivity contribution in [1.29, 1.82) is 0 Å². The Labute approximate surface area is 95.6 Å². The first kappa shape index (κ1) is 10.9. The predicted molar refractivity (Wildman–Crippen MR) is 64.3 cm³/mol. The summed E-state index contributed by atoms with van der Waals surface area (Å²) in [4.78, 5) is 11.0. The number of aryl methyl sites for hydroxylation is 2. The first-order valence-electron chi connectivity index (χ1n) is 5.61. The van der Waals surface area contributed by atoms with E-state index in [0.29, 0.717) is 0 Å². The molecule has 2 nitrogen and oxygen atoms in total. The van der Waals surface area contributed by atoms with E-state index in [4.69, 9.17) is 5.11 Å². The minimum atomic E-state index is -0.733. The van der Waals surface area contributed by atoms with E-state index in [2.05, 4.69) is 31.2 Å². The van der Waals surface area contributed by atoms with Crippen LogP contribution in [0.2, 0.25) is 0 Å². The highest BCUT2D eigenvalue weighted by molar-refractivity contribution is 5.77. The van der Waals surface area contributed by atoms with Crippen molar-refractivity contribution in [2.24, 2.45) is 5.92 Å². The van der Waals surface area contributed by atoms with Gasteiger partial charge in [0.15, 0.2) is 0 Å². The van der Waals surface area contributed by atoms with E-state index in [1.54, 1.807) is 6.92 Å². The Kier molecular flexibility index (Phi) is 2.82. The molecule has 0 aliphatic heterocycles. The average molecular weight is 216 g/mol. The molecule has 1 aromatic carbocycles. The molecule has 0 aromatic heterocycles. The fourth-order valence-corrected chi connectivity index (χ4v) is 2.20. The first-order valence-corrected chi connectivity index (χ1v) is 5.61. The number of aliphatic carboxylic acids is 1. The summed E-state index contributed by atoms with van der Waals surface area (Å²) < 4.78 is 0. The number of benzene rings is 1. The number of carboxylic acids is 1. The Morgan fingerprint density at radius 3 is 2.81 bits per heavy atom. The van der Waals surface area contributed by atoms with Gasteiger partial charge in [-0.1, -0.05) is 29.8 Å². The zero-order chi connectivity index (χ0) is 11.7. The molecule has 0 saturated heterocycles. The lowest BCUT2D eigenvalue weighted by Gasteiger charge is -2.20. The third kappa shape index (κ3) is 1.87. The van der Waals surface area contributed by atoms with Crippen molar-refractivity contribution in [3.63, 3.8) is 0 Å². The summed E-state index contributed by atoms with van der Waals surface area (Å²) in [5, 5.41) is 9.01. The van der Waals surface area contributed by atoms with Crippen molar-refractivity contribution in [2.75, 3.05) is 0 Å². The van der Waals surface area contributed by atoms with Gasteiger partial charge < -0.3 is 5.11 Å². The largest absolute Gasteiger partial charge is 0.481 e. The van der Waals surface area contributed by atoms with Crippen LogP contribution in [0.25, 0.3) is 6.08 Å². The second-order valence-corrected chi connectivity index (χ2v) is 4.43. The topological polar surface area (TPSA) is 37.3 Å². The Balaban J connectivity index is 2.41. The molecule has 0 fully saturated rings. The van der Waals surface area contributed by atoms with Crippen LogP contribution in [0.4, 0.5) is 0 Å². The van der Waals surface area contributed by atoms with Gasteiger partial charge in [0.1, 0.15) is 0 Å². The summed E-state index contributed by atoms with van der Waals surface area (Å²) >= 11 is 0. The molecule has 2 rings (SSSR count). The van der Waals surface area contributed by atoms with Crippen molar-refractivity contribution in [1.82, 2.24) is 0 Å². The molecule has 1 aliphatic carbocycles. The second-order valence-electron chi connectivity index (χ2n) is 4.43. The number of hydrogen-bond acceptors (Lipinski definition) is 1. The van der Waals surface area contributed by atoms with Crippen molar-refractivity contribution >= 4 is 12.0 Å². The quantitative estimate of drug-likeness (QED) is 0.825. The van der Waals surface area contributed by atoms with E-state index in [1.165, 1.54) is 16.7 Å². The van der Waals surface area contributed by atoms with Crippen LogP contribution in [0.5, 0.6) is 0 Å². The molecule has 84 valence electrons.